The molecule has 1 aliphatic heterocycles. The fourth-order valence-electron chi connectivity index (χ4n) is 6.06. The first-order chi connectivity index (χ1) is 17.7. The smallest absolute Gasteiger partial charge is 0.245 e. The van der Waals surface area contributed by atoms with Gasteiger partial charge < -0.3 is 10.2 Å². The van der Waals surface area contributed by atoms with Crippen molar-refractivity contribution in [1.82, 2.24) is 15.2 Å². The minimum Gasteiger partial charge on any atom is -0.344 e. The van der Waals surface area contributed by atoms with Crippen LogP contribution in [0.5, 0.6) is 0 Å². The largest absolute Gasteiger partial charge is 0.344 e. The molecule has 0 bridgehead atoms. The van der Waals surface area contributed by atoms with E-state index in [0.29, 0.717) is 0 Å². The molecular weight excluding hydrogens is 458 g/mol. The highest BCUT2D eigenvalue weighted by Crippen LogP contribution is 2.38. The van der Waals surface area contributed by atoms with E-state index in [1.165, 1.54) is 17.5 Å². The molecular formula is C32H45N3O2. The predicted molar refractivity (Wildman–Crippen MR) is 150 cm³/mol. The van der Waals surface area contributed by atoms with Gasteiger partial charge in [0.25, 0.3) is 0 Å². The lowest BCUT2D eigenvalue weighted by Gasteiger charge is -2.35. The number of carbonyl (C=O) groups is 2. The second-order valence-corrected chi connectivity index (χ2v) is 12.2. The standard InChI is InChI=1S/C32H45N3O2/c1-6-22(2)30(36)34-29(23-13-8-7-9-14-23)31(37)35-18-12-17-28(35)25-19-24(20-33-21-25)26-15-10-11-16-27(26)32(3,4)5/h10-11,15-16,19-23,28-29H,6-9,12-14,17-18H2,1-5H3,(H,34,36). The Balaban J connectivity index is 1.62. The van der Waals surface area contributed by atoms with Crippen LogP contribution < -0.4 is 5.32 Å². The zero-order valence-corrected chi connectivity index (χ0v) is 23.4. The molecule has 200 valence electrons. The quantitative estimate of drug-likeness (QED) is 0.451. The summed E-state index contributed by atoms with van der Waals surface area (Å²) in [6, 6.07) is 10.3. The number of likely N-dealkylation sites (tertiary alicyclic amines) is 1. The molecule has 5 heteroatoms. The normalized spacial score (nSPS) is 20.5. The van der Waals surface area contributed by atoms with E-state index in [1.54, 1.807) is 0 Å². The van der Waals surface area contributed by atoms with E-state index >= 15 is 0 Å². The lowest BCUT2D eigenvalue weighted by Crippen LogP contribution is -2.53. The molecule has 37 heavy (non-hydrogen) atoms. The topological polar surface area (TPSA) is 62.3 Å². The van der Waals surface area contributed by atoms with E-state index < -0.39 is 6.04 Å². The second kappa shape index (κ2) is 11.8. The predicted octanol–water partition coefficient (Wildman–Crippen LogP) is 6.82. The van der Waals surface area contributed by atoms with Crippen molar-refractivity contribution >= 4 is 11.8 Å². The number of hydrogen-bond acceptors (Lipinski definition) is 3. The summed E-state index contributed by atoms with van der Waals surface area (Å²) < 4.78 is 0. The number of benzene rings is 1. The van der Waals surface area contributed by atoms with Crippen LogP contribution in [0, 0.1) is 11.8 Å². The van der Waals surface area contributed by atoms with Crippen molar-refractivity contribution in [3.05, 3.63) is 53.9 Å². The SMILES string of the molecule is CCC(C)C(=O)NC(C(=O)N1CCCC1c1cncc(-c2ccccc2C(C)(C)C)c1)C1CCCCC1. The van der Waals surface area contributed by atoms with Gasteiger partial charge in [-0.15, -0.1) is 0 Å². The van der Waals surface area contributed by atoms with Crippen LogP contribution >= 0.6 is 0 Å². The molecule has 1 aliphatic carbocycles. The van der Waals surface area contributed by atoms with Gasteiger partial charge >= 0.3 is 0 Å². The average Bonchev–Trinajstić information content (AvgIpc) is 3.41. The Morgan fingerprint density at radius 3 is 2.49 bits per heavy atom. The third kappa shape index (κ3) is 6.25. The van der Waals surface area contributed by atoms with Crippen LogP contribution in [0.1, 0.15) is 103 Å². The number of pyridine rings is 1. The van der Waals surface area contributed by atoms with Crippen LogP contribution in [0.3, 0.4) is 0 Å². The zero-order valence-electron chi connectivity index (χ0n) is 23.4. The molecule has 1 N–H and O–H groups in total. The highest BCUT2D eigenvalue weighted by Gasteiger charge is 2.39. The molecule has 1 aromatic carbocycles. The van der Waals surface area contributed by atoms with Crippen LogP contribution in [0.25, 0.3) is 11.1 Å². The van der Waals surface area contributed by atoms with Crippen molar-refractivity contribution in [3.8, 4) is 11.1 Å². The van der Waals surface area contributed by atoms with Crippen LogP contribution in [-0.4, -0.2) is 34.3 Å². The van der Waals surface area contributed by atoms with Crippen molar-refractivity contribution in [3.63, 3.8) is 0 Å². The maximum Gasteiger partial charge on any atom is 0.245 e. The molecule has 2 heterocycles. The van der Waals surface area contributed by atoms with Gasteiger partial charge in [0.1, 0.15) is 6.04 Å². The Kier molecular flexibility index (Phi) is 8.71. The number of hydrogen-bond donors (Lipinski definition) is 1. The van der Waals surface area contributed by atoms with Gasteiger partial charge in [0.15, 0.2) is 0 Å². The Morgan fingerprint density at radius 1 is 1.05 bits per heavy atom. The molecule has 4 rings (SSSR count). The summed E-state index contributed by atoms with van der Waals surface area (Å²) in [4.78, 5) is 33.7. The third-order valence-corrected chi connectivity index (χ3v) is 8.47. The van der Waals surface area contributed by atoms with Crippen LogP contribution in [0.2, 0.25) is 0 Å². The van der Waals surface area contributed by atoms with Gasteiger partial charge in [-0.05, 0) is 66.2 Å². The number of rotatable bonds is 7. The Bertz CT molecular complexity index is 1080. The summed E-state index contributed by atoms with van der Waals surface area (Å²) in [6.07, 6.45) is 12.0. The summed E-state index contributed by atoms with van der Waals surface area (Å²) in [5.74, 6) is 0.229. The van der Waals surface area contributed by atoms with Gasteiger partial charge in [0.05, 0.1) is 6.04 Å². The molecule has 5 nitrogen and oxygen atoms in total. The second-order valence-electron chi connectivity index (χ2n) is 12.2. The average molecular weight is 504 g/mol. The first-order valence-corrected chi connectivity index (χ1v) is 14.4. The highest BCUT2D eigenvalue weighted by molar-refractivity contribution is 5.89. The third-order valence-electron chi connectivity index (χ3n) is 8.47. The Morgan fingerprint density at radius 2 is 1.78 bits per heavy atom. The summed E-state index contributed by atoms with van der Waals surface area (Å²) in [5.41, 5.74) is 4.68. The van der Waals surface area contributed by atoms with Gasteiger partial charge in [-0.3, -0.25) is 14.6 Å². The molecule has 1 aromatic heterocycles. The molecule has 3 unspecified atom stereocenters. The van der Waals surface area contributed by atoms with Crippen molar-refractivity contribution in [1.29, 1.82) is 0 Å². The number of amides is 2. The van der Waals surface area contributed by atoms with Crippen molar-refractivity contribution < 1.29 is 9.59 Å². The fraction of sp³-hybridized carbons (Fsp3) is 0.594. The van der Waals surface area contributed by atoms with Crippen LogP contribution in [-0.2, 0) is 15.0 Å². The van der Waals surface area contributed by atoms with E-state index in [4.69, 9.17) is 0 Å². The number of nitrogens with zero attached hydrogens (tertiary/aromatic N) is 2. The van der Waals surface area contributed by atoms with E-state index in [0.717, 1.165) is 62.6 Å². The molecule has 1 saturated heterocycles. The first kappa shape index (κ1) is 27.3. The van der Waals surface area contributed by atoms with Crippen molar-refractivity contribution in [2.24, 2.45) is 11.8 Å². The highest BCUT2D eigenvalue weighted by atomic mass is 16.2. The Labute approximate surface area is 223 Å². The maximum absolute atomic E-state index is 14.1. The number of aromatic nitrogens is 1. The molecule has 2 aromatic rings. The lowest BCUT2D eigenvalue weighted by molar-refractivity contribution is -0.140. The van der Waals surface area contributed by atoms with Crippen LogP contribution in [0.4, 0.5) is 0 Å². The summed E-state index contributed by atoms with van der Waals surface area (Å²) in [5, 5.41) is 3.20. The number of carbonyl (C=O) groups excluding carboxylic acids is 2. The van der Waals surface area contributed by atoms with Gasteiger partial charge in [-0.25, -0.2) is 0 Å². The van der Waals surface area contributed by atoms with Crippen LogP contribution in [0.15, 0.2) is 42.7 Å². The van der Waals surface area contributed by atoms with Crippen molar-refractivity contribution in [2.45, 2.75) is 103 Å². The number of nitrogens with one attached hydrogen (secondary N) is 1. The molecule has 1 saturated carbocycles. The molecule has 0 radical (unpaired) electrons. The Hall–Kier alpha value is -2.69. The fourth-order valence-corrected chi connectivity index (χ4v) is 6.06. The first-order valence-electron chi connectivity index (χ1n) is 14.4. The summed E-state index contributed by atoms with van der Waals surface area (Å²) in [7, 11) is 0. The van der Waals surface area contributed by atoms with Gasteiger partial charge in [0, 0.05) is 30.4 Å². The molecule has 2 amide bonds. The van der Waals surface area contributed by atoms with Gasteiger partial charge in [0.2, 0.25) is 11.8 Å². The molecule has 3 atom stereocenters. The minimum absolute atomic E-state index is 0.00428. The lowest BCUT2D eigenvalue weighted by atomic mass is 9.82. The van der Waals surface area contributed by atoms with E-state index in [1.807, 2.05) is 31.1 Å². The van der Waals surface area contributed by atoms with Crippen molar-refractivity contribution in [2.75, 3.05) is 6.54 Å². The minimum atomic E-state index is -0.430. The van der Waals surface area contributed by atoms with Gasteiger partial charge in [-0.1, -0.05) is 78.1 Å². The van der Waals surface area contributed by atoms with Gasteiger partial charge in [-0.2, -0.15) is 0 Å². The monoisotopic (exact) mass is 503 g/mol. The van der Waals surface area contributed by atoms with E-state index in [9.17, 15) is 9.59 Å². The summed E-state index contributed by atoms with van der Waals surface area (Å²) in [6.45, 7) is 11.4. The molecule has 2 fully saturated rings. The van der Waals surface area contributed by atoms with E-state index in [2.05, 4.69) is 61.4 Å². The maximum atomic E-state index is 14.1. The molecule has 2 aliphatic rings. The summed E-state index contributed by atoms with van der Waals surface area (Å²) >= 11 is 0. The van der Waals surface area contributed by atoms with E-state index in [-0.39, 0.29) is 35.1 Å². The molecule has 0 spiro atoms. The zero-order chi connectivity index (χ0) is 26.6.